The molecule has 0 spiro atoms. The molecule has 3 aromatic rings. The highest BCUT2D eigenvalue weighted by Crippen LogP contribution is 2.50. The molecule has 3 N–H and O–H groups in total. The summed E-state index contributed by atoms with van der Waals surface area (Å²) < 4.78 is 0. The molecule has 2 aromatic heterocycles. The van der Waals surface area contributed by atoms with Gasteiger partial charge in [0.25, 0.3) is 0 Å². The Balaban J connectivity index is 1.58. The summed E-state index contributed by atoms with van der Waals surface area (Å²) in [6.45, 7) is 1.93. The number of nitrogens with zero attached hydrogens (tertiary/aromatic N) is 4. The SMILES string of the molecule is CN1C(=O)[C@H](c2ccc(C3(C#N)CC3)cc2)[C@@](C)(c2cc(-c3cncc(O)c3)cs2)N=C1N. The van der Waals surface area contributed by atoms with E-state index in [0.717, 1.165) is 40.0 Å². The van der Waals surface area contributed by atoms with Crippen molar-refractivity contribution >= 4 is 23.2 Å². The minimum atomic E-state index is -0.908. The predicted octanol–water partition coefficient (Wildman–Crippen LogP) is 3.86. The second-order valence-corrected chi connectivity index (χ2v) is 9.81. The molecule has 0 radical (unpaired) electrons. The zero-order valence-corrected chi connectivity index (χ0v) is 19.1. The molecule has 2 aliphatic rings. The minimum Gasteiger partial charge on any atom is -0.506 e. The van der Waals surface area contributed by atoms with Gasteiger partial charge in [0.2, 0.25) is 5.91 Å². The van der Waals surface area contributed by atoms with Crippen LogP contribution < -0.4 is 5.73 Å². The number of aromatic hydroxyl groups is 1. The number of nitriles is 1. The zero-order valence-electron chi connectivity index (χ0n) is 18.3. The van der Waals surface area contributed by atoms with Gasteiger partial charge < -0.3 is 10.8 Å². The van der Waals surface area contributed by atoms with Crippen molar-refractivity contribution in [3.8, 4) is 22.9 Å². The molecule has 1 saturated carbocycles. The van der Waals surface area contributed by atoms with Crippen LogP contribution in [0.25, 0.3) is 11.1 Å². The van der Waals surface area contributed by atoms with Crippen LogP contribution in [0.15, 0.2) is 59.2 Å². The molecule has 3 heterocycles. The summed E-state index contributed by atoms with van der Waals surface area (Å²) in [5, 5.41) is 21.3. The van der Waals surface area contributed by atoms with Gasteiger partial charge in [0.1, 0.15) is 11.3 Å². The average Bonchev–Trinajstić information content (AvgIpc) is 3.44. The lowest BCUT2D eigenvalue weighted by molar-refractivity contribution is -0.130. The molecule has 1 aliphatic heterocycles. The largest absolute Gasteiger partial charge is 0.506 e. The van der Waals surface area contributed by atoms with E-state index < -0.39 is 11.5 Å². The number of pyridine rings is 1. The Morgan fingerprint density at radius 3 is 2.58 bits per heavy atom. The third kappa shape index (κ3) is 3.36. The van der Waals surface area contributed by atoms with E-state index in [1.807, 2.05) is 42.6 Å². The number of aliphatic imine (C=N–C) groups is 1. The summed E-state index contributed by atoms with van der Waals surface area (Å²) in [4.78, 5) is 24.6. The van der Waals surface area contributed by atoms with Crippen LogP contribution >= 0.6 is 11.3 Å². The fourth-order valence-corrected chi connectivity index (χ4v) is 5.57. The van der Waals surface area contributed by atoms with Crippen LogP contribution in [-0.2, 0) is 15.7 Å². The summed E-state index contributed by atoms with van der Waals surface area (Å²) >= 11 is 1.49. The average molecular weight is 458 g/mol. The molecule has 7 nitrogen and oxygen atoms in total. The number of carbonyl (C=O) groups is 1. The highest BCUT2D eigenvalue weighted by Gasteiger charge is 2.49. The van der Waals surface area contributed by atoms with E-state index in [4.69, 9.17) is 10.7 Å². The number of aromatic nitrogens is 1. The van der Waals surface area contributed by atoms with Gasteiger partial charge in [0.15, 0.2) is 5.96 Å². The maximum absolute atomic E-state index is 13.5. The summed E-state index contributed by atoms with van der Waals surface area (Å²) in [5.41, 5.74) is 8.35. The molecular weight excluding hydrogens is 434 g/mol. The minimum absolute atomic E-state index is 0.0898. The van der Waals surface area contributed by atoms with Crippen molar-refractivity contribution in [3.63, 3.8) is 0 Å². The summed E-state index contributed by atoms with van der Waals surface area (Å²) in [6.07, 6.45) is 4.81. The lowest BCUT2D eigenvalue weighted by atomic mass is 9.77. The van der Waals surface area contributed by atoms with Crippen LogP contribution in [0.1, 0.15) is 41.7 Å². The van der Waals surface area contributed by atoms with Gasteiger partial charge in [-0.1, -0.05) is 24.3 Å². The van der Waals surface area contributed by atoms with E-state index in [-0.39, 0.29) is 23.0 Å². The summed E-state index contributed by atoms with van der Waals surface area (Å²) in [6, 6.07) is 13.8. The van der Waals surface area contributed by atoms with E-state index in [0.29, 0.717) is 0 Å². The van der Waals surface area contributed by atoms with Crippen molar-refractivity contribution < 1.29 is 9.90 Å². The van der Waals surface area contributed by atoms with Gasteiger partial charge in [-0.25, -0.2) is 4.99 Å². The van der Waals surface area contributed by atoms with Crippen LogP contribution in [0.3, 0.4) is 0 Å². The molecule has 0 unspecified atom stereocenters. The van der Waals surface area contributed by atoms with Gasteiger partial charge in [-0.2, -0.15) is 5.26 Å². The van der Waals surface area contributed by atoms with Gasteiger partial charge in [-0.15, -0.1) is 11.3 Å². The number of nitrogens with two attached hydrogens (primary N) is 1. The van der Waals surface area contributed by atoms with E-state index in [9.17, 15) is 15.2 Å². The van der Waals surface area contributed by atoms with Crippen molar-refractivity contribution in [1.82, 2.24) is 9.88 Å². The van der Waals surface area contributed by atoms with Gasteiger partial charge in [0, 0.05) is 23.7 Å². The molecule has 0 bridgehead atoms. The molecular formula is C25H23N5O2S. The Morgan fingerprint density at radius 2 is 1.94 bits per heavy atom. The van der Waals surface area contributed by atoms with Crippen LogP contribution in [0, 0.1) is 11.3 Å². The smallest absolute Gasteiger partial charge is 0.239 e. The number of thiophene rings is 1. The fraction of sp³-hybridized carbons (Fsp3) is 0.280. The molecule has 0 saturated heterocycles. The molecule has 5 rings (SSSR count). The topological polar surface area (TPSA) is 116 Å². The Kier molecular flexibility index (Phi) is 4.76. The van der Waals surface area contributed by atoms with Crippen molar-refractivity contribution in [1.29, 1.82) is 5.26 Å². The highest BCUT2D eigenvalue weighted by molar-refractivity contribution is 7.10. The van der Waals surface area contributed by atoms with Crippen LogP contribution in [0.2, 0.25) is 0 Å². The lowest BCUT2D eigenvalue weighted by Gasteiger charge is -2.40. The molecule has 33 heavy (non-hydrogen) atoms. The number of hydrogen-bond acceptors (Lipinski definition) is 7. The normalized spacial score (nSPS) is 23.7. The van der Waals surface area contributed by atoms with Crippen molar-refractivity contribution in [2.24, 2.45) is 10.7 Å². The van der Waals surface area contributed by atoms with Gasteiger partial charge in [-0.05, 0) is 54.0 Å². The quantitative estimate of drug-likeness (QED) is 0.617. The lowest BCUT2D eigenvalue weighted by Crippen LogP contribution is -2.52. The van der Waals surface area contributed by atoms with Crippen molar-refractivity contribution in [2.45, 2.75) is 36.6 Å². The first-order valence-electron chi connectivity index (χ1n) is 10.7. The zero-order chi connectivity index (χ0) is 23.4. The molecule has 1 aliphatic carbocycles. The fourth-order valence-electron chi connectivity index (χ4n) is 4.51. The first-order chi connectivity index (χ1) is 15.8. The Hall–Kier alpha value is -3.70. The van der Waals surface area contributed by atoms with E-state index in [1.54, 1.807) is 19.3 Å². The van der Waals surface area contributed by atoms with E-state index in [2.05, 4.69) is 11.1 Å². The number of amides is 1. The summed E-state index contributed by atoms with van der Waals surface area (Å²) in [7, 11) is 1.63. The molecule has 1 fully saturated rings. The second-order valence-electron chi connectivity index (χ2n) is 8.90. The third-order valence-corrected chi connectivity index (χ3v) is 7.90. The van der Waals surface area contributed by atoms with Crippen molar-refractivity contribution in [2.75, 3.05) is 7.05 Å². The number of benzene rings is 1. The van der Waals surface area contributed by atoms with Crippen LogP contribution in [0.5, 0.6) is 5.75 Å². The maximum Gasteiger partial charge on any atom is 0.239 e. The monoisotopic (exact) mass is 457 g/mol. The number of hydrogen-bond donors (Lipinski definition) is 2. The van der Waals surface area contributed by atoms with E-state index >= 15 is 0 Å². The van der Waals surface area contributed by atoms with Crippen molar-refractivity contribution in [3.05, 3.63) is 70.2 Å². The Morgan fingerprint density at radius 1 is 1.21 bits per heavy atom. The first kappa shape index (κ1) is 21.2. The van der Waals surface area contributed by atoms with Gasteiger partial charge in [-0.3, -0.25) is 14.7 Å². The number of likely N-dealkylation sites (N-methyl/N-ethyl adjacent to an activating group) is 1. The number of guanidine groups is 1. The van der Waals surface area contributed by atoms with Gasteiger partial charge in [0.05, 0.1) is 23.6 Å². The first-order valence-corrected chi connectivity index (χ1v) is 11.5. The Labute approximate surface area is 195 Å². The molecule has 1 amide bonds. The molecule has 8 heteroatoms. The highest BCUT2D eigenvalue weighted by atomic mass is 32.1. The van der Waals surface area contributed by atoms with Crippen LogP contribution in [-0.4, -0.2) is 33.9 Å². The summed E-state index contributed by atoms with van der Waals surface area (Å²) in [5.74, 6) is -0.444. The molecule has 2 atom stereocenters. The Bertz CT molecular complexity index is 1320. The standard InChI is InChI=1S/C25H23N5O2S/c1-24(20-10-17(13-33-20)16-9-19(31)12-28-11-16)21(22(32)30(2)23(27)29-24)15-3-5-18(6-4-15)25(14-26)7-8-25/h3-6,9-13,21,31H,7-8H2,1-2H3,(H2,27,29)/t21-,24+/m0/s1. The number of carbonyl (C=O) groups excluding carboxylic acids is 1. The van der Waals surface area contributed by atoms with Crippen LogP contribution in [0.4, 0.5) is 0 Å². The maximum atomic E-state index is 13.5. The third-order valence-electron chi connectivity index (χ3n) is 6.75. The second kappa shape index (κ2) is 7.42. The van der Waals surface area contributed by atoms with E-state index in [1.165, 1.54) is 22.4 Å². The number of rotatable bonds is 4. The predicted molar refractivity (Wildman–Crippen MR) is 127 cm³/mol. The molecule has 166 valence electrons. The van der Waals surface area contributed by atoms with Gasteiger partial charge >= 0.3 is 0 Å². The molecule has 1 aromatic carbocycles.